The SMILES string of the molecule is [O-][n+]1ccccc1Oc1nc(-c2cccnc2)nc2sc3c(c12)CCC3. The van der Waals surface area contributed by atoms with E-state index in [-0.39, 0.29) is 5.88 Å². The van der Waals surface area contributed by atoms with Gasteiger partial charge in [-0.15, -0.1) is 16.1 Å². The fourth-order valence-electron chi connectivity index (χ4n) is 3.25. The molecule has 0 atom stereocenters. The molecule has 0 bridgehead atoms. The van der Waals surface area contributed by atoms with Crippen molar-refractivity contribution in [1.82, 2.24) is 15.0 Å². The van der Waals surface area contributed by atoms with Crippen molar-refractivity contribution in [2.24, 2.45) is 0 Å². The summed E-state index contributed by atoms with van der Waals surface area (Å²) in [6.07, 6.45) is 8.03. The van der Waals surface area contributed by atoms with E-state index in [2.05, 4.69) is 9.97 Å². The van der Waals surface area contributed by atoms with Crippen LogP contribution in [-0.4, -0.2) is 15.0 Å². The highest BCUT2D eigenvalue weighted by Crippen LogP contribution is 2.42. The minimum atomic E-state index is 0.197. The van der Waals surface area contributed by atoms with Gasteiger partial charge in [-0.1, -0.05) is 0 Å². The molecule has 1 aliphatic carbocycles. The predicted molar refractivity (Wildman–Crippen MR) is 98.1 cm³/mol. The standard InChI is InChI=1S/C19H14N4O2S/c24-23-10-2-1-8-15(23)25-18-16-13-6-3-7-14(13)26-19(16)22-17(21-18)12-5-4-9-20-11-12/h1-2,4-5,8-11H,3,6-7H2. The third-order valence-corrected chi connectivity index (χ3v) is 5.63. The maximum absolute atomic E-state index is 12.0. The van der Waals surface area contributed by atoms with Crippen molar-refractivity contribution in [2.75, 3.05) is 0 Å². The summed E-state index contributed by atoms with van der Waals surface area (Å²) in [5, 5.41) is 13.0. The number of ether oxygens (including phenoxy) is 1. The summed E-state index contributed by atoms with van der Waals surface area (Å²) < 4.78 is 6.65. The fourth-order valence-corrected chi connectivity index (χ4v) is 4.50. The number of pyridine rings is 2. The highest BCUT2D eigenvalue weighted by atomic mass is 32.1. The number of aryl methyl sites for hydroxylation is 2. The van der Waals surface area contributed by atoms with E-state index in [0.717, 1.165) is 35.0 Å². The second kappa shape index (κ2) is 6.03. The molecule has 0 unspecified atom stereocenters. The van der Waals surface area contributed by atoms with Crippen molar-refractivity contribution < 1.29 is 9.47 Å². The average Bonchev–Trinajstić information content (AvgIpc) is 3.25. The minimum absolute atomic E-state index is 0.197. The number of hydrogen-bond donors (Lipinski definition) is 0. The Kier molecular flexibility index (Phi) is 3.53. The Morgan fingerprint density at radius 2 is 2.08 bits per heavy atom. The summed E-state index contributed by atoms with van der Waals surface area (Å²) >= 11 is 1.69. The summed E-state index contributed by atoms with van der Waals surface area (Å²) in [4.78, 5) is 15.8. The lowest BCUT2D eigenvalue weighted by molar-refractivity contribution is -0.611. The normalized spacial score (nSPS) is 13.1. The Hall–Kier alpha value is -3.06. The van der Waals surface area contributed by atoms with Crippen LogP contribution in [0, 0.1) is 5.21 Å². The van der Waals surface area contributed by atoms with Gasteiger partial charge in [0, 0.05) is 28.9 Å². The second-order valence-corrected chi connectivity index (χ2v) is 7.18. The molecule has 7 heteroatoms. The number of fused-ring (bicyclic) bond motifs is 3. The molecule has 26 heavy (non-hydrogen) atoms. The molecule has 0 radical (unpaired) electrons. The van der Waals surface area contributed by atoms with Crippen molar-refractivity contribution in [3.05, 3.63) is 64.6 Å². The lowest BCUT2D eigenvalue weighted by atomic mass is 10.2. The van der Waals surface area contributed by atoms with Crippen LogP contribution in [-0.2, 0) is 12.8 Å². The van der Waals surface area contributed by atoms with Crippen LogP contribution in [0.25, 0.3) is 21.6 Å². The topological polar surface area (TPSA) is 74.8 Å². The highest BCUT2D eigenvalue weighted by Gasteiger charge is 2.25. The van der Waals surface area contributed by atoms with Gasteiger partial charge in [-0.3, -0.25) is 4.98 Å². The van der Waals surface area contributed by atoms with E-state index in [0.29, 0.717) is 16.4 Å². The van der Waals surface area contributed by atoms with Crippen molar-refractivity contribution in [2.45, 2.75) is 19.3 Å². The summed E-state index contributed by atoms with van der Waals surface area (Å²) in [6, 6.07) is 8.83. The molecule has 0 fully saturated rings. The second-order valence-electron chi connectivity index (χ2n) is 6.10. The largest absolute Gasteiger partial charge is 0.616 e. The molecule has 4 aromatic rings. The maximum atomic E-state index is 12.0. The van der Waals surface area contributed by atoms with Crippen LogP contribution in [0.4, 0.5) is 0 Å². The van der Waals surface area contributed by atoms with Crippen LogP contribution < -0.4 is 9.47 Å². The monoisotopic (exact) mass is 362 g/mol. The van der Waals surface area contributed by atoms with Crippen LogP contribution in [0.3, 0.4) is 0 Å². The van der Waals surface area contributed by atoms with Gasteiger partial charge >= 0.3 is 5.88 Å². The van der Waals surface area contributed by atoms with Crippen LogP contribution in [0.1, 0.15) is 16.9 Å². The Balaban J connectivity index is 1.72. The average molecular weight is 362 g/mol. The molecule has 0 saturated heterocycles. The molecule has 6 nitrogen and oxygen atoms in total. The smallest absolute Gasteiger partial charge is 0.386 e. The van der Waals surface area contributed by atoms with Gasteiger partial charge in [-0.25, -0.2) is 4.98 Å². The molecule has 0 amide bonds. The molecule has 4 heterocycles. The van der Waals surface area contributed by atoms with Gasteiger partial charge in [0.05, 0.1) is 11.5 Å². The minimum Gasteiger partial charge on any atom is -0.616 e. The molecule has 5 rings (SSSR count). The van der Waals surface area contributed by atoms with Crippen molar-refractivity contribution in [3.63, 3.8) is 0 Å². The zero-order valence-corrected chi connectivity index (χ0v) is 14.6. The van der Waals surface area contributed by atoms with Crippen LogP contribution in [0.15, 0.2) is 48.9 Å². The van der Waals surface area contributed by atoms with Gasteiger partial charge in [0.1, 0.15) is 4.83 Å². The first-order valence-corrected chi connectivity index (χ1v) is 9.20. The quantitative estimate of drug-likeness (QED) is 0.411. The third kappa shape index (κ3) is 2.48. The number of rotatable bonds is 3. The Labute approximate surface area is 153 Å². The van der Waals surface area contributed by atoms with Crippen molar-refractivity contribution >= 4 is 21.6 Å². The maximum Gasteiger partial charge on any atom is 0.386 e. The predicted octanol–water partition coefficient (Wildman–Crippen LogP) is 3.67. The molecule has 0 aromatic carbocycles. The van der Waals surface area contributed by atoms with E-state index in [9.17, 15) is 5.21 Å². The molecule has 0 saturated carbocycles. The van der Waals surface area contributed by atoms with Gasteiger partial charge in [0.2, 0.25) is 5.88 Å². The van der Waals surface area contributed by atoms with Gasteiger partial charge in [-0.05, 0) is 43.0 Å². The van der Waals surface area contributed by atoms with Crippen molar-refractivity contribution in [1.29, 1.82) is 0 Å². The van der Waals surface area contributed by atoms with E-state index >= 15 is 0 Å². The fraction of sp³-hybridized carbons (Fsp3) is 0.158. The van der Waals surface area contributed by atoms with E-state index in [1.54, 1.807) is 41.9 Å². The molecule has 0 spiro atoms. The van der Waals surface area contributed by atoms with Gasteiger partial charge in [0.15, 0.2) is 12.0 Å². The van der Waals surface area contributed by atoms with E-state index in [1.807, 2.05) is 12.1 Å². The summed E-state index contributed by atoms with van der Waals surface area (Å²) in [5.41, 5.74) is 2.07. The molecule has 0 N–H and O–H groups in total. The first-order valence-electron chi connectivity index (χ1n) is 8.38. The number of thiophene rings is 1. The Morgan fingerprint density at radius 1 is 1.12 bits per heavy atom. The molecule has 4 aromatic heterocycles. The Bertz CT molecular complexity index is 1110. The van der Waals surface area contributed by atoms with Gasteiger partial charge < -0.3 is 9.94 Å². The summed E-state index contributed by atoms with van der Waals surface area (Å²) in [7, 11) is 0. The number of aromatic nitrogens is 4. The molecule has 128 valence electrons. The van der Waals surface area contributed by atoms with E-state index in [4.69, 9.17) is 9.72 Å². The summed E-state index contributed by atoms with van der Waals surface area (Å²) in [5.74, 6) is 1.18. The zero-order valence-electron chi connectivity index (χ0n) is 13.8. The Morgan fingerprint density at radius 3 is 2.92 bits per heavy atom. The highest BCUT2D eigenvalue weighted by molar-refractivity contribution is 7.19. The first-order chi connectivity index (χ1) is 12.8. The van der Waals surface area contributed by atoms with Crippen LogP contribution >= 0.6 is 11.3 Å². The van der Waals surface area contributed by atoms with Crippen LogP contribution in [0.5, 0.6) is 11.8 Å². The van der Waals surface area contributed by atoms with E-state index < -0.39 is 0 Å². The molecular weight excluding hydrogens is 348 g/mol. The molecule has 1 aliphatic rings. The lowest BCUT2D eigenvalue weighted by Gasteiger charge is -2.09. The number of nitrogens with zero attached hydrogens (tertiary/aromatic N) is 4. The molecule has 0 aliphatic heterocycles. The van der Waals surface area contributed by atoms with Gasteiger partial charge in [-0.2, -0.15) is 4.98 Å². The van der Waals surface area contributed by atoms with E-state index in [1.165, 1.54) is 16.6 Å². The molecular formula is C19H14N4O2S. The van der Waals surface area contributed by atoms with Crippen molar-refractivity contribution in [3.8, 4) is 23.1 Å². The van der Waals surface area contributed by atoms with Crippen LogP contribution in [0.2, 0.25) is 0 Å². The first kappa shape index (κ1) is 15.2. The number of hydrogen-bond acceptors (Lipinski definition) is 6. The zero-order chi connectivity index (χ0) is 17.5. The third-order valence-electron chi connectivity index (χ3n) is 4.44. The van der Waals surface area contributed by atoms with Gasteiger partial charge in [0.25, 0.3) is 0 Å². The lowest BCUT2D eigenvalue weighted by Crippen LogP contribution is -2.27. The summed E-state index contributed by atoms with van der Waals surface area (Å²) in [6.45, 7) is 0.